The first-order valence-corrected chi connectivity index (χ1v) is 9.89. The Bertz CT molecular complexity index is 1170. The number of halogens is 6. The highest BCUT2D eigenvalue weighted by Crippen LogP contribution is 2.35. The van der Waals surface area contributed by atoms with Crippen molar-refractivity contribution in [3.63, 3.8) is 0 Å². The maximum absolute atomic E-state index is 12.7. The van der Waals surface area contributed by atoms with Crippen LogP contribution in [0, 0.1) is 11.3 Å². The van der Waals surface area contributed by atoms with E-state index in [-0.39, 0.29) is 21.6 Å². The van der Waals surface area contributed by atoms with Crippen molar-refractivity contribution >= 4 is 62.9 Å². The molecule has 0 spiro atoms. The lowest BCUT2D eigenvalue weighted by atomic mass is 10.0. The Hall–Kier alpha value is -2.05. The van der Waals surface area contributed by atoms with Crippen molar-refractivity contribution < 1.29 is 13.2 Å². The number of hydrogen-bond acceptors (Lipinski definition) is 3. The van der Waals surface area contributed by atoms with Gasteiger partial charge in [-0.25, -0.2) is 0 Å². The van der Waals surface area contributed by atoms with Crippen LogP contribution in [0.2, 0.25) is 15.1 Å². The first-order valence-electron chi connectivity index (χ1n) is 8.35. The molecule has 0 aliphatic rings. The quantitative estimate of drug-likeness (QED) is 0.346. The van der Waals surface area contributed by atoms with Crippen molar-refractivity contribution in [2.45, 2.75) is 25.2 Å². The number of hydrogen-bond donors (Lipinski definition) is 1. The van der Waals surface area contributed by atoms with Crippen LogP contribution in [-0.2, 0) is 12.7 Å². The first kappa shape index (κ1) is 22.6. The van der Waals surface area contributed by atoms with Gasteiger partial charge in [0.2, 0.25) is 0 Å². The molecule has 0 fully saturated rings. The second-order valence-corrected chi connectivity index (χ2v) is 8.32. The summed E-state index contributed by atoms with van der Waals surface area (Å²) in [5, 5.41) is 18.3. The highest BCUT2D eigenvalue weighted by molar-refractivity contribution is 7.80. The Morgan fingerprint density at radius 3 is 2.40 bits per heavy atom. The summed E-state index contributed by atoms with van der Waals surface area (Å²) in [4.78, 5) is 0.128. The summed E-state index contributed by atoms with van der Waals surface area (Å²) < 4.78 is 39.7. The molecule has 11 heteroatoms. The van der Waals surface area contributed by atoms with Crippen molar-refractivity contribution in [2.75, 3.05) is 0 Å². The van der Waals surface area contributed by atoms with E-state index in [2.05, 4.69) is 16.5 Å². The van der Waals surface area contributed by atoms with Gasteiger partial charge in [-0.2, -0.15) is 23.5 Å². The van der Waals surface area contributed by atoms with E-state index >= 15 is 0 Å². The number of fused-ring (bicyclic) bond motifs is 1. The zero-order chi connectivity index (χ0) is 22.3. The van der Waals surface area contributed by atoms with Crippen LogP contribution in [0.3, 0.4) is 0 Å². The number of nitrogens with zero attached hydrogens (tertiary/aromatic N) is 3. The fraction of sp³-hybridized carbons (Fsp3) is 0.211. The Labute approximate surface area is 190 Å². The second-order valence-electron chi connectivity index (χ2n) is 6.72. The molecule has 3 rings (SSSR count). The lowest BCUT2D eigenvalue weighted by Crippen LogP contribution is -2.47. The number of alkyl halides is 3. The van der Waals surface area contributed by atoms with Gasteiger partial charge in [-0.1, -0.05) is 59.2 Å². The van der Waals surface area contributed by atoms with E-state index < -0.39 is 17.3 Å². The molecule has 1 N–H and O–H groups in total. The third-order valence-corrected chi connectivity index (χ3v) is 5.71. The van der Waals surface area contributed by atoms with Gasteiger partial charge in [0, 0.05) is 17.1 Å². The van der Waals surface area contributed by atoms with E-state index in [1.54, 1.807) is 13.1 Å². The second kappa shape index (κ2) is 8.23. The van der Waals surface area contributed by atoms with Crippen LogP contribution >= 0.6 is 47.0 Å². The third kappa shape index (κ3) is 4.65. The number of aromatic nitrogens is 2. The standard InChI is InChI=1S/C19H12Cl3F3N4S/c1-18(8-26,27-17(30)10-2-4-11(5-3-10)19(23,24)25)9-29-7-12-13(20)6-14(21)15(22)16(12)28-29/h2-7H,9H2,1H3,(H,27,30). The lowest BCUT2D eigenvalue weighted by Gasteiger charge is -2.25. The minimum absolute atomic E-state index is 0.0588. The molecule has 3 aromatic rings. The average molecular weight is 492 g/mol. The summed E-state index contributed by atoms with van der Waals surface area (Å²) >= 11 is 23.7. The Morgan fingerprint density at radius 1 is 1.20 bits per heavy atom. The highest BCUT2D eigenvalue weighted by atomic mass is 35.5. The van der Waals surface area contributed by atoms with Crippen LogP contribution in [0.1, 0.15) is 18.1 Å². The monoisotopic (exact) mass is 490 g/mol. The Morgan fingerprint density at radius 2 is 1.83 bits per heavy atom. The summed E-state index contributed by atoms with van der Waals surface area (Å²) in [7, 11) is 0. The van der Waals surface area contributed by atoms with Crippen LogP contribution in [0.25, 0.3) is 10.9 Å². The summed E-state index contributed by atoms with van der Waals surface area (Å²) in [5.74, 6) is 0. The zero-order valence-electron chi connectivity index (χ0n) is 15.2. The zero-order valence-corrected chi connectivity index (χ0v) is 18.3. The van der Waals surface area contributed by atoms with Gasteiger partial charge < -0.3 is 5.32 Å². The van der Waals surface area contributed by atoms with Crippen LogP contribution < -0.4 is 5.32 Å². The molecule has 0 aliphatic carbocycles. The molecule has 0 bridgehead atoms. The molecule has 1 unspecified atom stereocenters. The van der Waals surface area contributed by atoms with Gasteiger partial charge in [0.1, 0.15) is 16.0 Å². The molecule has 0 saturated carbocycles. The topological polar surface area (TPSA) is 53.6 Å². The van der Waals surface area contributed by atoms with Gasteiger partial charge in [-0.15, -0.1) is 0 Å². The minimum atomic E-state index is -4.44. The van der Waals surface area contributed by atoms with Crippen LogP contribution in [0.5, 0.6) is 0 Å². The van der Waals surface area contributed by atoms with Crippen molar-refractivity contribution in [2.24, 2.45) is 0 Å². The van der Waals surface area contributed by atoms with E-state index in [9.17, 15) is 18.4 Å². The van der Waals surface area contributed by atoms with Crippen LogP contribution in [-0.4, -0.2) is 20.3 Å². The smallest absolute Gasteiger partial charge is 0.357 e. The van der Waals surface area contributed by atoms with Crippen LogP contribution in [0.15, 0.2) is 36.5 Å². The van der Waals surface area contributed by atoms with E-state index in [0.717, 1.165) is 12.1 Å². The van der Waals surface area contributed by atoms with E-state index in [4.69, 9.17) is 47.0 Å². The molecule has 0 radical (unpaired) electrons. The molecular formula is C19H12Cl3F3N4S. The largest absolute Gasteiger partial charge is 0.416 e. The van der Waals surface area contributed by atoms with Gasteiger partial charge in [0.25, 0.3) is 0 Å². The number of nitrogens with one attached hydrogen (secondary N) is 1. The van der Waals surface area contributed by atoms with Crippen molar-refractivity contribution in [1.82, 2.24) is 15.1 Å². The number of nitriles is 1. The molecule has 1 aromatic heterocycles. The summed E-state index contributed by atoms with van der Waals surface area (Å²) in [6.07, 6.45) is -2.82. The average Bonchev–Trinajstić information content (AvgIpc) is 3.09. The number of thiocarbonyl (C=S) groups is 1. The predicted molar refractivity (Wildman–Crippen MR) is 115 cm³/mol. The number of rotatable bonds is 4. The molecule has 1 atom stereocenters. The SMILES string of the molecule is CC(C#N)(Cn1cc2c(Cl)cc(Cl)c(Cl)c2n1)NC(=S)c1ccc(C(F)(F)F)cc1. The molecule has 156 valence electrons. The van der Waals surface area contributed by atoms with E-state index in [0.29, 0.717) is 21.5 Å². The molecule has 4 nitrogen and oxygen atoms in total. The maximum Gasteiger partial charge on any atom is 0.416 e. The first-order chi connectivity index (χ1) is 13.9. The van der Waals surface area contributed by atoms with Gasteiger partial charge in [0.15, 0.2) is 0 Å². The summed E-state index contributed by atoms with van der Waals surface area (Å²) in [5.41, 5.74) is -1.26. The van der Waals surface area contributed by atoms with Gasteiger partial charge >= 0.3 is 6.18 Å². The summed E-state index contributed by atoms with van der Waals surface area (Å²) in [6.45, 7) is 1.65. The lowest BCUT2D eigenvalue weighted by molar-refractivity contribution is -0.137. The Kier molecular flexibility index (Phi) is 6.21. The fourth-order valence-electron chi connectivity index (χ4n) is 2.76. The fourth-order valence-corrected chi connectivity index (χ4v) is 3.82. The van der Waals surface area contributed by atoms with Gasteiger partial charge in [0.05, 0.1) is 33.2 Å². The normalized spacial score (nSPS) is 13.7. The molecular weight excluding hydrogens is 480 g/mol. The van der Waals surface area contributed by atoms with E-state index in [1.165, 1.54) is 22.9 Å². The molecule has 30 heavy (non-hydrogen) atoms. The third-order valence-electron chi connectivity index (χ3n) is 4.28. The molecule has 0 saturated heterocycles. The van der Waals surface area contributed by atoms with Crippen molar-refractivity contribution in [3.8, 4) is 6.07 Å². The molecule has 0 amide bonds. The van der Waals surface area contributed by atoms with Crippen molar-refractivity contribution in [1.29, 1.82) is 5.26 Å². The van der Waals surface area contributed by atoms with E-state index in [1.807, 2.05) is 0 Å². The molecule has 0 aliphatic heterocycles. The van der Waals surface area contributed by atoms with Crippen LogP contribution in [0.4, 0.5) is 13.2 Å². The number of benzene rings is 2. The van der Waals surface area contributed by atoms with Crippen molar-refractivity contribution in [3.05, 3.63) is 62.7 Å². The highest BCUT2D eigenvalue weighted by Gasteiger charge is 2.31. The maximum atomic E-state index is 12.7. The van der Waals surface area contributed by atoms with Gasteiger partial charge in [-0.3, -0.25) is 4.68 Å². The summed E-state index contributed by atoms with van der Waals surface area (Å²) in [6, 6.07) is 7.98. The Balaban J connectivity index is 1.83. The predicted octanol–water partition coefficient (Wildman–Crippen LogP) is 6.26. The van der Waals surface area contributed by atoms with Gasteiger partial charge in [-0.05, 0) is 25.1 Å². The molecule has 1 heterocycles. The molecule has 2 aromatic carbocycles. The minimum Gasteiger partial charge on any atom is -0.357 e.